The minimum atomic E-state index is -1.12. The Bertz CT molecular complexity index is 187. The van der Waals surface area contributed by atoms with Crippen LogP contribution < -0.4 is 0 Å². The van der Waals surface area contributed by atoms with Gasteiger partial charge in [-0.3, -0.25) is 0 Å². The van der Waals surface area contributed by atoms with Gasteiger partial charge in [-0.1, -0.05) is 0 Å². The lowest BCUT2D eigenvalue weighted by molar-refractivity contribution is -0.299. The molecule has 0 aromatic carbocycles. The molecule has 0 saturated carbocycles. The van der Waals surface area contributed by atoms with Crippen molar-refractivity contribution in [1.29, 1.82) is 0 Å². The second kappa shape index (κ2) is 5.74. The van der Waals surface area contributed by atoms with Crippen LogP contribution in [0.25, 0.3) is 0 Å². The summed E-state index contributed by atoms with van der Waals surface area (Å²) in [5, 5.41) is 19.3. The van der Waals surface area contributed by atoms with Crippen LogP contribution >= 0.6 is 0 Å². The summed E-state index contributed by atoms with van der Waals surface area (Å²) < 4.78 is 20.3. The molecule has 1 heterocycles. The number of hydrogen-bond acceptors (Lipinski definition) is 6. The maximum Gasteiger partial charge on any atom is 0.186 e. The lowest BCUT2D eigenvalue weighted by atomic mass is 9.99. The Hall–Kier alpha value is -0.240. The van der Waals surface area contributed by atoms with Crippen molar-refractivity contribution < 1.29 is 29.2 Å². The summed E-state index contributed by atoms with van der Waals surface area (Å²) in [5.41, 5.74) is 0. The standard InChI is InChI=1S/C9H18O6/c1-12-4-5-8(13-2)6(10)7(11)9(14-3)15-5/h5-11H,4H2,1-3H3/t5-,6-,7-,8+,9+/m1/s1. The van der Waals surface area contributed by atoms with Gasteiger partial charge in [-0.2, -0.15) is 0 Å². The Labute approximate surface area is 88.7 Å². The first-order valence-corrected chi connectivity index (χ1v) is 4.71. The maximum atomic E-state index is 9.75. The molecule has 1 aliphatic heterocycles. The van der Waals surface area contributed by atoms with Gasteiger partial charge in [-0.05, 0) is 0 Å². The molecule has 2 N–H and O–H groups in total. The summed E-state index contributed by atoms with van der Waals surface area (Å²) >= 11 is 0. The highest BCUT2D eigenvalue weighted by atomic mass is 16.7. The van der Waals surface area contributed by atoms with Crippen molar-refractivity contribution >= 4 is 0 Å². The molecule has 0 radical (unpaired) electrons. The molecule has 6 heteroatoms. The van der Waals surface area contributed by atoms with Crippen LogP contribution in [0.4, 0.5) is 0 Å². The first kappa shape index (κ1) is 12.8. The Morgan fingerprint density at radius 3 is 2.20 bits per heavy atom. The van der Waals surface area contributed by atoms with Gasteiger partial charge in [0.2, 0.25) is 0 Å². The zero-order valence-electron chi connectivity index (χ0n) is 9.12. The summed E-state index contributed by atoms with van der Waals surface area (Å²) in [5.74, 6) is 0. The summed E-state index contributed by atoms with van der Waals surface area (Å²) in [6, 6.07) is 0. The Balaban J connectivity index is 2.70. The van der Waals surface area contributed by atoms with Crippen molar-refractivity contribution in [3.05, 3.63) is 0 Å². The number of aliphatic hydroxyl groups is 2. The van der Waals surface area contributed by atoms with Crippen molar-refractivity contribution in [2.45, 2.75) is 30.7 Å². The molecule has 1 fully saturated rings. The van der Waals surface area contributed by atoms with Crippen LogP contribution in [0.3, 0.4) is 0 Å². The zero-order chi connectivity index (χ0) is 11.4. The maximum absolute atomic E-state index is 9.75. The molecule has 0 spiro atoms. The van der Waals surface area contributed by atoms with E-state index in [4.69, 9.17) is 18.9 Å². The highest BCUT2D eigenvalue weighted by Crippen LogP contribution is 2.23. The molecule has 1 saturated heterocycles. The average Bonchev–Trinajstić information content (AvgIpc) is 2.24. The number of methoxy groups -OCH3 is 3. The van der Waals surface area contributed by atoms with E-state index in [1.54, 1.807) is 0 Å². The summed E-state index contributed by atoms with van der Waals surface area (Å²) in [4.78, 5) is 0. The molecule has 6 nitrogen and oxygen atoms in total. The zero-order valence-corrected chi connectivity index (χ0v) is 9.12. The largest absolute Gasteiger partial charge is 0.387 e. The summed E-state index contributed by atoms with van der Waals surface area (Å²) in [6.45, 7) is 0.266. The molecule has 90 valence electrons. The molecule has 1 aliphatic rings. The van der Waals surface area contributed by atoms with Crippen LogP contribution in [0.2, 0.25) is 0 Å². The highest BCUT2D eigenvalue weighted by molar-refractivity contribution is 4.89. The van der Waals surface area contributed by atoms with E-state index in [1.165, 1.54) is 21.3 Å². The topological polar surface area (TPSA) is 77.4 Å². The number of hydrogen-bond donors (Lipinski definition) is 2. The highest BCUT2D eigenvalue weighted by Gasteiger charge is 2.44. The van der Waals surface area contributed by atoms with E-state index in [0.717, 1.165) is 0 Å². The second-order valence-corrected chi connectivity index (χ2v) is 3.42. The van der Waals surface area contributed by atoms with Gasteiger partial charge in [-0.15, -0.1) is 0 Å². The van der Waals surface area contributed by atoms with Gasteiger partial charge in [0.05, 0.1) is 6.61 Å². The molecule has 0 bridgehead atoms. The van der Waals surface area contributed by atoms with Gasteiger partial charge < -0.3 is 29.2 Å². The van der Waals surface area contributed by atoms with Gasteiger partial charge in [0.1, 0.15) is 24.4 Å². The second-order valence-electron chi connectivity index (χ2n) is 3.42. The SMILES string of the molecule is COC[C@H]1O[C@H](OC)[C@H](O)[C@@H](O)[C@H]1OC. The molecular weight excluding hydrogens is 204 g/mol. The molecule has 0 amide bonds. The molecule has 1 rings (SSSR count). The van der Waals surface area contributed by atoms with Gasteiger partial charge in [0.15, 0.2) is 6.29 Å². The van der Waals surface area contributed by atoms with Crippen LogP contribution in [0.15, 0.2) is 0 Å². The minimum absolute atomic E-state index is 0.266. The first-order chi connectivity index (χ1) is 7.15. The smallest absolute Gasteiger partial charge is 0.186 e. The molecule has 15 heavy (non-hydrogen) atoms. The van der Waals surface area contributed by atoms with E-state index in [-0.39, 0.29) is 6.61 Å². The monoisotopic (exact) mass is 222 g/mol. The van der Waals surface area contributed by atoms with E-state index in [0.29, 0.717) is 0 Å². The van der Waals surface area contributed by atoms with Crippen LogP contribution in [0.1, 0.15) is 0 Å². The third-order valence-electron chi connectivity index (χ3n) is 2.48. The normalized spacial score (nSPS) is 41.8. The summed E-state index contributed by atoms with van der Waals surface area (Å²) in [6.07, 6.45) is -4.09. The van der Waals surface area contributed by atoms with E-state index in [2.05, 4.69) is 0 Å². The van der Waals surface area contributed by atoms with Crippen LogP contribution in [0, 0.1) is 0 Å². The predicted molar refractivity (Wildman–Crippen MR) is 50.4 cm³/mol. The lowest BCUT2D eigenvalue weighted by Crippen LogP contribution is -2.59. The Morgan fingerprint density at radius 1 is 1.07 bits per heavy atom. The van der Waals surface area contributed by atoms with Crippen molar-refractivity contribution in [2.75, 3.05) is 27.9 Å². The summed E-state index contributed by atoms with van der Waals surface area (Å²) in [7, 11) is 4.37. The Kier molecular flexibility index (Phi) is 4.91. The fourth-order valence-corrected chi connectivity index (χ4v) is 1.69. The molecule has 5 atom stereocenters. The number of ether oxygens (including phenoxy) is 4. The predicted octanol–water partition coefficient (Wildman–Crippen LogP) is -1.26. The van der Waals surface area contributed by atoms with Gasteiger partial charge in [0, 0.05) is 21.3 Å². The van der Waals surface area contributed by atoms with E-state index in [9.17, 15) is 10.2 Å². The van der Waals surface area contributed by atoms with Crippen molar-refractivity contribution in [3.8, 4) is 0 Å². The molecular formula is C9H18O6. The fourth-order valence-electron chi connectivity index (χ4n) is 1.69. The number of aliphatic hydroxyl groups excluding tert-OH is 2. The average molecular weight is 222 g/mol. The van der Waals surface area contributed by atoms with E-state index in [1.807, 2.05) is 0 Å². The van der Waals surface area contributed by atoms with E-state index < -0.39 is 30.7 Å². The fraction of sp³-hybridized carbons (Fsp3) is 1.00. The first-order valence-electron chi connectivity index (χ1n) is 4.71. The van der Waals surface area contributed by atoms with Crippen LogP contribution in [-0.2, 0) is 18.9 Å². The quantitative estimate of drug-likeness (QED) is 0.618. The molecule has 0 unspecified atom stereocenters. The van der Waals surface area contributed by atoms with Crippen LogP contribution in [-0.4, -0.2) is 68.9 Å². The van der Waals surface area contributed by atoms with Crippen molar-refractivity contribution in [3.63, 3.8) is 0 Å². The van der Waals surface area contributed by atoms with Crippen LogP contribution in [0.5, 0.6) is 0 Å². The molecule has 0 aliphatic carbocycles. The molecule has 0 aromatic rings. The minimum Gasteiger partial charge on any atom is -0.387 e. The third kappa shape index (κ3) is 2.66. The van der Waals surface area contributed by atoms with E-state index >= 15 is 0 Å². The third-order valence-corrected chi connectivity index (χ3v) is 2.48. The van der Waals surface area contributed by atoms with Crippen molar-refractivity contribution in [1.82, 2.24) is 0 Å². The van der Waals surface area contributed by atoms with Gasteiger partial charge >= 0.3 is 0 Å². The van der Waals surface area contributed by atoms with Gasteiger partial charge in [-0.25, -0.2) is 0 Å². The molecule has 0 aromatic heterocycles. The van der Waals surface area contributed by atoms with Gasteiger partial charge in [0.25, 0.3) is 0 Å². The lowest BCUT2D eigenvalue weighted by Gasteiger charge is -2.41. The number of rotatable bonds is 4. The Morgan fingerprint density at radius 2 is 1.73 bits per heavy atom. The van der Waals surface area contributed by atoms with Crippen molar-refractivity contribution in [2.24, 2.45) is 0 Å².